The predicted molar refractivity (Wildman–Crippen MR) is 93.7 cm³/mol. The van der Waals surface area contributed by atoms with Gasteiger partial charge in [0.05, 0.1) is 24.9 Å². The first kappa shape index (κ1) is 17.5. The summed E-state index contributed by atoms with van der Waals surface area (Å²) < 4.78 is 11.6. The molecule has 4 atom stereocenters. The zero-order valence-corrected chi connectivity index (χ0v) is 13.8. The molecule has 1 heterocycles. The average molecular weight is 339 g/mol. The van der Waals surface area contributed by atoms with Gasteiger partial charge in [-0.15, -0.1) is 0 Å². The molecular formula is C19H21N3O3. The highest BCUT2D eigenvalue weighted by Crippen LogP contribution is 2.30. The fraction of sp³-hybridized carbons (Fsp3) is 0.368. The molecule has 0 saturated carbocycles. The Morgan fingerprint density at radius 1 is 1.12 bits per heavy atom. The number of rotatable bonds is 6. The van der Waals surface area contributed by atoms with Crippen molar-refractivity contribution >= 4 is 0 Å². The molecule has 6 nitrogen and oxygen atoms in total. The van der Waals surface area contributed by atoms with E-state index >= 15 is 0 Å². The van der Waals surface area contributed by atoms with Gasteiger partial charge in [-0.25, -0.2) is 0 Å². The Hall–Kier alpha value is -2.37. The van der Waals surface area contributed by atoms with Gasteiger partial charge < -0.3 is 14.6 Å². The van der Waals surface area contributed by atoms with Crippen molar-refractivity contribution in [2.45, 2.75) is 37.4 Å². The number of aliphatic hydroxyl groups excluding tert-OH is 1. The number of hydrogen-bond acceptors (Lipinski definition) is 4. The van der Waals surface area contributed by atoms with Gasteiger partial charge in [-0.1, -0.05) is 65.8 Å². The van der Waals surface area contributed by atoms with Crippen molar-refractivity contribution in [2.24, 2.45) is 5.11 Å². The molecular weight excluding hydrogens is 318 g/mol. The van der Waals surface area contributed by atoms with Crippen molar-refractivity contribution in [3.63, 3.8) is 0 Å². The molecule has 0 amide bonds. The van der Waals surface area contributed by atoms with Gasteiger partial charge in [0, 0.05) is 10.5 Å². The van der Waals surface area contributed by atoms with E-state index in [-0.39, 0.29) is 6.61 Å². The number of nitrogens with zero attached hydrogens (tertiary/aromatic N) is 3. The lowest BCUT2D eigenvalue weighted by Gasteiger charge is -2.37. The first-order valence-corrected chi connectivity index (χ1v) is 8.36. The fourth-order valence-corrected chi connectivity index (χ4v) is 2.97. The van der Waals surface area contributed by atoms with Crippen LogP contribution >= 0.6 is 0 Å². The molecule has 6 heteroatoms. The van der Waals surface area contributed by atoms with E-state index in [0.717, 1.165) is 17.5 Å². The molecule has 1 aliphatic heterocycles. The molecule has 0 radical (unpaired) electrons. The van der Waals surface area contributed by atoms with E-state index in [1.54, 1.807) is 0 Å². The van der Waals surface area contributed by atoms with Gasteiger partial charge in [-0.3, -0.25) is 0 Å². The zero-order valence-electron chi connectivity index (χ0n) is 13.8. The molecule has 1 saturated heterocycles. The third-order valence-corrected chi connectivity index (χ3v) is 4.30. The standard InChI is InChI=1S/C19H21N3O3/c20-22-21-16-13-24-19(15-9-5-2-6-10-15)25-18(16)17(23)12-11-14-7-3-1-4-8-14/h1-10,16-19,23H,11-13H2/t16?,17-,18?,19?/m1/s1. The van der Waals surface area contributed by atoms with E-state index in [4.69, 9.17) is 15.0 Å². The molecule has 0 bridgehead atoms. The quantitative estimate of drug-likeness (QED) is 0.493. The monoisotopic (exact) mass is 339 g/mol. The van der Waals surface area contributed by atoms with Crippen LogP contribution in [0, 0.1) is 0 Å². The third kappa shape index (κ3) is 4.59. The summed E-state index contributed by atoms with van der Waals surface area (Å²) in [6, 6.07) is 19.0. The Kier molecular flexibility index (Phi) is 6.04. The summed E-state index contributed by atoms with van der Waals surface area (Å²) in [5, 5.41) is 14.4. The lowest BCUT2D eigenvalue weighted by atomic mass is 9.98. The zero-order chi connectivity index (χ0) is 17.5. The topological polar surface area (TPSA) is 87.5 Å². The molecule has 1 aliphatic rings. The van der Waals surface area contributed by atoms with Crippen LogP contribution in [0.25, 0.3) is 10.4 Å². The third-order valence-electron chi connectivity index (χ3n) is 4.30. The average Bonchev–Trinajstić information content (AvgIpc) is 2.68. The fourth-order valence-electron chi connectivity index (χ4n) is 2.97. The van der Waals surface area contributed by atoms with E-state index < -0.39 is 24.5 Å². The van der Waals surface area contributed by atoms with E-state index in [0.29, 0.717) is 6.42 Å². The maximum absolute atomic E-state index is 10.6. The lowest BCUT2D eigenvalue weighted by molar-refractivity contribution is -0.245. The van der Waals surface area contributed by atoms with E-state index in [9.17, 15) is 5.11 Å². The Morgan fingerprint density at radius 2 is 1.80 bits per heavy atom. The summed E-state index contributed by atoms with van der Waals surface area (Å²) in [6.07, 6.45) is -0.665. The van der Waals surface area contributed by atoms with Gasteiger partial charge >= 0.3 is 0 Å². The van der Waals surface area contributed by atoms with Gasteiger partial charge in [0.15, 0.2) is 6.29 Å². The van der Waals surface area contributed by atoms with Crippen molar-refractivity contribution in [1.29, 1.82) is 0 Å². The second-order valence-corrected chi connectivity index (χ2v) is 6.04. The minimum absolute atomic E-state index is 0.219. The van der Waals surface area contributed by atoms with Crippen LogP contribution in [-0.2, 0) is 15.9 Å². The Balaban J connectivity index is 1.68. The molecule has 2 aromatic carbocycles. The number of hydrogen-bond donors (Lipinski definition) is 1. The van der Waals surface area contributed by atoms with Gasteiger partial charge in [0.2, 0.25) is 0 Å². The largest absolute Gasteiger partial charge is 0.390 e. The molecule has 0 aromatic heterocycles. The van der Waals surface area contributed by atoms with Crippen molar-refractivity contribution < 1.29 is 14.6 Å². The van der Waals surface area contributed by atoms with Crippen LogP contribution in [0.15, 0.2) is 65.8 Å². The van der Waals surface area contributed by atoms with Crippen molar-refractivity contribution in [1.82, 2.24) is 0 Å². The number of benzene rings is 2. The van der Waals surface area contributed by atoms with E-state index in [2.05, 4.69) is 10.0 Å². The molecule has 3 unspecified atom stereocenters. The number of aryl methyl sites for hydroxylation is 1. The number of azide groups is 1. The van der Waals surface area contributed by atoms with Crippen molar-refractivity contribution in [3.05, 3.63) is 82.2 Å². The molecule has 25 heavy (non-hydrogen) atoms. The second kappa shape index (κ2) is 8.65. The molecule has 3 rings (SSSR count). The maximum atomic E-state index is 10.6. The van der Waals surface area contributed by atoms with Gasteiger partial charge in [0.1, 0.15) is 0 Å². The SMILES string of the molecule is [N-]=[N+]=NC1COC(c2ccccc2)OC1[C@H](O)CCc1ccccc1. The Labute approximate surface area is 146 Å². The highest BCUT2D eigenvalue weighted by Gasteiger charge is 2.36. The van der Waals surface area contributed by atoms with Crippen LogP contribution in [-0.4, -0.2) is 30.0 Å². The summed E-state index contributed by atoms with van der Waals surface area (Å²) in [6.45, 7) is 0.219. The Morgan fingerprint density at radius 3 is 2.48 bits per heavy atom. The number of aliphatic hydroxyl groups is 1. The van der Waals surface area contributed by atoms with Crippen molar-refractivity contribution in [3.8, 4) is 0 Å². The summed E-state index contributed by atoms with van der Waals surface area (Å²) in [7, 11) is 0. The van der Waals surface area contributed by atoms with Gasteiger partial charge in [-0.05, 0) is 23.9 Å². The van der Waals surface area contributed by atoms with Crippen LogP contribution in [0.3, 0.4) is 0 Å². The lowest BCUT2D eigenvalue weighted by Crippen LogP contribution is -2.46. The van der Waals surface area contributed by atoms with E-state index in [1.165, 1.54) is 0 Å². The number of ether oxygens (including phenoxy) is 2. The molecule has 1 fully saturated rings. The molecule has 130 valence electrons. The maximum Gasteiger partial charge on any atom is 0.184 e. The first-order valence-electron chi connectivity index (χ1n) is 8.36. The van der Waals surface area contributed by atoms with Crippen LogP contribution in [0.1, 0.15) is 23.8 Å². The van der Waals surface area contributed by atoms with Crippen LogP contribution in [0.2, 0.25) is 0 Å². The van der Waals surface area contributed by atoms with Crippen LogP contribution < -0.4 is 0 Å². The summed E-state index contributed by atoms with van der Waals surface area (Å²) in [5.74, 6) is 0. The Bertz CT molecular complexity index is 704. The minimum Gasteiger partial charge on any atom is -0.390 e. The molecule has 0 aliphatic carbocycles. The minimum atomic E-state index is -0.745. The second-order valence-electron chi connectivity index (χ2n) is 6.04. The van der Waals surface area contributed by atoms with Gasteiger partial charge in [0.25, 0.3) is 0 Å². The molecule has 1 N–H and O–H groups in total. The smallest absolute Gasteiger partial charge is 0.184 e. The molecule has 2 aromatic rings. The van der Waals surface area contributed by atoms with Gasteiger partial charge in [-0.2, -0.15) is 0 Å². The first-order chi connectivity index (χ1) is 12.3. The summed E-state index contributed by atoms with van der Waals surface area (Å²) in [5.41, 5.74) is 10.8. The predicted octanol–water partition coefficient (Wildman–Crippen LogP) is 3.77. The summed E-state index contributed by atoms with van der Waals surface area (Å²) in [4.78, 5) is 2.86. The van der Waals surface area contributed by atoms with E-state index in [1.807, 2.05) is 60.7 Å². The van der Waals surface area contributed by atoms with Crippen molar-refractivity contribution in [2.75, 3.05) is 6.61 Å². The highest BCUT2D eigenvalue weighted by atomic mass is 16.7. The highest BCUT2D eigenvalue weighted by molar-refractivity contribution is 5.17. The molecule has 0 spiro atoms. The normalized spacial score (nSPS) is 24.3. The van der Waals surface area contributed by atoms with Crippen LogP contribution in [0.5, 0.6) is 0 Å². The van der Waals surface area contributed by atoms with Crippen LogP contribution in [0.4, 0.5) is 0 Å². The summed E-state index contributed by atoms with van der Waals surface area (Å²) >= 11 is 0.